The molecule has 1 rings (SSSR count). The van der Waals surface area contributed by atoms with Crippen LogP contribution in [0.4, 0.5) is 10.1 Å². The fraction of sp³-hybridized carbons (Fsp3) is 0. The molecule has 1 aromatic carbocycles. The molecule has 3 nitrogen and oxygen atoms in total. The van der Waals surface area contributed by atoms with Crippen molar-refractivity contribution in [2.45, 2.75) is 0 Å². The second kappa shape index (κ2) is 4.00. The molecule has 0 unspecified atom stereocenters. The Kier molecular flexibility index (Phi) is 2.97. The SMILES string of the molecule is O=CC(=O)Nc1ccc(Cl)c(F)c1. The van der Waals surface area contributed by atoms with Gasteiger partial charge in [0.15, 0.2) is 0 Å². The summed E-state index contributed by atoms with van der Waals surface area (Å²) in [6.45, 7) is 0. The summed E-state index contributed by atoms with van der Waals surface area (Å²) in [6.07, 6.45) is 0.104. The second-order valence-corrected chi connectivity index (χ2v) is 2.64. The Hall–Kier alpha value is -1.42. The van der Waals surface area contributed by atoms with Crippen LogP contribution in [0.15, 0.2) is 18.2 Å². The van der Waals surface area contributed by atoms with Crippen molar-refractivity contribution < 1.29 is 14.0 Å². The molecular formula is C8H5ClFNO2. The van der Waals surface area contributed by atoms with Crippen LogP contribution in [0.1, 0.15) is 0 Å². The fourth-order valence-corrected chi connectivity index (χ4v) is 0.863. The molecule has 0 saturated heterocycles. The molecule has 0 aliphatic heterocycles. The molecule has 0 fully saturated rings. The van der Waals surface area contributed by atoms with Gasteiger partial charge in [-0.3, -0.25) is 9.59 Å². The van der Waals surface area contributed by atoms with Gasteiger partial charge in [-0.05, 0) is 18.2 Å². The Morgan fingerprint density at radius 2 is 2.23 bits per heavy atom. The van der Waals surface area contributed by atoms with Gasteiger partial charge in [-0.25, -0.2) is 4.39 Å². The first kappa shape index (κ1) is 9.67. The monoisotopic (exact) mass is 201 g/mol. The van der Waals surface area contributed by atoms with Crippen LogP contribution in [0.25, 0.3) is 0 Å². The Balaban J connectivity index is 2.85. The minimum Gasteiger partial charge on any atom is -0.320 e. The number of hydrogen-bond acceptors (Lipinski definition) is 2. The van der Waals surface area contributed by atoms with Gasteiger partial charge in [0, 0.05) is 5.69 Å². The second-order valence-electron chi connectivity index (χ2n) is 2.24. The number of carbonyl (C=O) groups is 2. The first-order valence-electron chi connectivity index (χ1n) is 3.34. The van der Waals surface area contributed by atoms with E-state index in [2.05, 4.69) is 5.32 Å². The molecule has 0 aromatic heterocycles. The lowest BCUT2D eigenvalue weighted by molar-refractivity contribution is -0.127. The number of halogens is 2. The van der Waals surface area contributed by atoms with Gasteiger partial charge in [0.05, 0.1) is 5.02 Å². The van der Waals surface area contributed by atoms with E-state index in [1.807, 2.05) is 0 Å². The zero-order valence-corrected chi connectivity index (χ0v) is 7.14. The number of aldehydes is 1. The molecule has 0 aliphatic rings. The van der Waals surface area contributed by atoms with Crippen molar-refractivity contribution in [1.82, 2.24) is 0 Å². The van der Waals surface area contributed by atoms with E-state index in [-0.39, 0.29) is 17.0 Å². The van der Waals surface area contributed by atoms with Crippen molar-refractivity contribution in [3.05, 3.63) is 29.0 Å². The molecule has 0 bridgehead atoms. The zero-order chi connectivity index (χ0) is 9.84. The maximum atomic E-state index is 12.8. The summed E-state index contributed by atoms with van der Waals surface area (Å²) >= 11 is 5.39. The van der Waals surface area contributed by atoms with E-state index in [1.165, 1.54) is 12.1 Å². The van der Waals surface area contributed by atoms with Gasteiger partial charge in [0.1, 0.15) is 5.82 Å². The number of amides is 1. The molecular weight excluding hydrogens is 197 g/mol. The largest absolute Gasteiger partial charge is 0.320 e. The lowest BCUT2D eigenvalue weighted by Crippen LogP contribution is -2.12. The number of benzene rings is 1. The third-order valence-corrected chi connectivity index (χ3v) is 1.60. The minimum absolute atomic E-state index is 0.0379. The molecule has 1 N–H and O–H groups in total. The summed E-state index contributed by atoms with van der Waals surface area (Å²) in [5, 5.41) is 2.12. The molecule has 0 aliphatic carbocycles. The minimum atomic E-state index is -0.832. The van der Waals surface area contributed by atoms with Gasteiger partial charge in [0.25, 0.3) is 5.91 Å². The van der Waals surface area contributed by atoms with E-state index in [0.29, 0.717) is 0 Å². The molecule has 0 spiro atoms. The molecule has 5 heteroatoms. The highest BCUT2D eigenvalue weighted by molar-refractivity contribution is 6.31. The van der Waals surface area contributed by atoms with Gasteiger partial charge >= 0.3 is 0 Å². The molecule has 0 heterocycles. The standard InChI is InChI=1S/C8H5ClFNO2/c9-6-2-1-5(3-7(6)10)11-8(13)4-12/h1-4H,(H,11,13). The number of nitrogens with one attached hydrogen (secondary N) is 1. The average molecular weight is 202 g/mol. The highest BCUT2D eigenvalue weighted by atomic mass is 35.5. The number of hydrogen-bond donors (Lipinski definition) is 1. The van der Waals surface area contributed by atoms with Crippen LogP contribution in [0, 0.1) is 5.82 Å². The smallest absolute Gasteiger partial charge is 0.288 e. The van der Waals surface area contributed by atoms with Crippen LogP contribution in [0.5, 0.6) is 0 Å². The van der Waals surface area contributed by atoms with Gasteiger partial charge in [-0.1, -0.05) is 11.6 Å². The fourth-order valence-electron chi connectivity index (χ4n) is 0.746. The molecule has 68 valence electrons. The molecule has 1 amide bonds. The van der Waals surface area contributed by atoms with E-state index >= 15 is 0 Å². The van der Waals surface area contributed by atoms with Gasteiger partial charge in [-0.15, -0.1) is 0 Å². The van der Waals surface area contributed by atoms with Crippen molar-refractivity contribution in [3.63, 3.8) is 0 Å². The average Bonchev–Trinajstić information content (AvgIpc) is 2.11. The van der Waals surface area contributed by atoms with Crippen molar-refractivity contribution >= 4 is 29.5 Å². The van der Waals surface area contributed by atoms with E-state index < -0.39 is 11.7 Å². The Morgan fingerprint density at radius 3 is 2.77 bits per heavy atom. The third kappa shape index (κ3) is 2.52. The predicted molar refractivity (Wildman–Crippen MR) is 46.1 cm³/mol. The molecule has 0 atom stereocenters. The summed E-state index contributed by atoms with van der Waals surface area (Å²) in [7, 11) is 0. The lowest BCUT2D eigenvalue weighted by atomic mass is 10.3. The van der Waals surface area contributed by atoms with Crippen LogP contribution in [-0.2, 0) is 9.59 Å². The van der Waals surface area contributed by atoms with Crippen LogP contribution in [0.3, 0.4) is 0 Å². The van der Waals surface area contributed by atoms with Crippen molar-refractivity contribution in [1.29, 1.82) is 0 Å². The predicted octanol–water partition coefficient (Wildman–Crippen LogP) is 1.62. The van der Waals surface area contributed by atoms with Crippen molar-refractivity contribution in [3.8, 4) is 0 Å². The van der Waals surface area contributed by atoms with E-state index in [4.69, 9.17) is 11.6 Å². The van der Waals surface area contributed by atoms with Crippen LogP contribution in [-0.4, -0.2) is 12.2 Å². The quantitative estimate of drug-likeness (QED) is 0.584. The molecule has 0 radical (unpaired) electrons. The number of rotatable bonds is 2. The molecule has 1 aromatic rings. The summed E-state index contributed by atoms with van der Waals surface area (Å²) in [4.78, 5) is 20.5. The van der Waals surface area contributed by atoms with Gasteiger partial charge < -0.3 is 5.32 Å². The zero-order valence-electron chi connectivity index (χ0n) is 6.38. The van der Waals surface area contributed by atoms with E-state index in [9.17, 15) is 14.0 Å². The Bertz CT molecular complexity index is 354. The van der Waals surface area contributed by atoms with Crippen LogP contribution < -0.4 is 5.32 Å². The van der Waals surface area contributed by atoms with E-state index in [1.54, 1.807) is 0 Å². The topological polar surface area (TPSA) is 46.2 Å². The molecule has 0 saturated carbocycles. The molecule has 13 heavy (non-hydrogen) atoms. The lowest BCUT2D eigenvalue weighted by Gasteiger charge is -2.01. The maximum absolute atomic E-state index is 12.8. The number of carbonyl (C=O) groups excluding carboxylic acids is 2. The first-order valence-corrected chi connectivity index (χ1v) is 3.72. The summed E-state index contributed by atoms with van der Waals surface area (Å²) in [5.74, 6) is -1.48. The highest BCUT2D eigenvalue weighted by Crippen LogP contribution is 2.18. The summed E-state index contributed by atoms with van der Waals surface area (Å²) in [6, 6.07) is 3.72. The Morgan fingerprint density at radius 1 is 1.54 bits per heavy atom. The highest BCUT2D eigenvalue weighted by Gasteiger charge is 2.03. The number of anilines is 1. The van der Waals surface area contributed by atoms with E-state index in [0.717, 1.165) is 6.07 Å². The van der Waals surface area contributed by atoms with Crippen molar-refractivity contribution in [2.75, 3.05) is 5.32 Å². The first-order chi connectivity index (χ1) is 6.13. The van der Waals surface area contributed by atoms with Gasteiger partial charge in [-0.2, -0.15) is 0 Å². The normalized spacial score (nSPS) is 9.38. The van der Waals surface area contributed by atoms with Gasteiger partial charge in [0.2, 0.25) is 6.29 Å². The van der Waals surface area contributed by atoms with Crippen molar-refractivity contribution in [2.24, 2.45) is 0 Å². The van der Waals surface area contributed by atoms with Crippen LogP contribution in [0.2, 0.25) is 5.02 Å². The summed E-state index contributed by atoms with van der Waals surface area (Å²) in [5.41, 5.74) is 0.194. The third-order valence-electron chi connectivity index (χ3n) is 1.29. The van der Waals surface area contributed by atoms with Crippen LogP contribution >= 0.6 is 11.6 Å². The Labute approximate surface area is 78.5 Å². The maximum Gasteiger partial charge on any atom is 0.288 e. The summed E-state index contributed by atoms with van der Waals surface area (Å²) < 4.78 is 12.8.